The van der Waals surface area contributed by atoms with Crippen LogP contribution in [0.2, 0.25) is 15.1 Å². The summed E-state index contributed by atoms with van der Waals surface area (Å²) in [5.41, 5.74) is 2.45. The first kappa shape index (κ1) is 35.3. The molecule has 0 aliphatic carbocycles. The van der Waals surface area contributed by atoms with Crippen molar-refractivity contribution in [2.45, 2.75) is 57.1 Å². The number of nitrogens with one attached hydrogen (secondary N) is 1. The molecular weight excluding hydrogens is 665 g/mol. The minimum Gasteiger partial charge on any atom is -0.352 e. The van der Waals surface area contributed by atoms with Gasteiger partial charge in [-0.05, 0) is 67.8 Å². The second kappa shape index (κ2) is 15.8. The van der Waals surface area contributed by atoms with E-state index in [0.717, 1.165) is 15.4 Å². The maximum atomic E-state index is 14.6. The van der Waals surface area contributed by atoms with Crippen LogP contribution in [0.15, 0.2) is 102 Å². The molecule has 4 rings (SSSR count). The molecule has 0 aromatic heterocycles. The van der Waals surface area contributed by atoms with Gasteiger partial charge in [0.05, 0.1) is 25.7 Å². The lowest BCUT2D eigenvalue weighted by atomic mass is 10.0. The molecule has 0 bridgehead atoms. The lowest BCUT2D eigenvalue weighted by molar-refractivity contribution is -0.140. The number of halogens is 3. The molecule has 0 spiro atoms. The quantitative estimate of drug-likeness (QED) is 0.155. The molecule has 0 fully saturated rings. The molecule has 46 heavy (non-hydrogen) atoms. The van der Waals surface area contributed by atoms with Gasteiger partial charge in [-0.2, -0.15) is 0 Å². The molecule has 0 aliphatic heterocycles. The second-order valence-electron chi connectivity index (χ2n) is 11.1. The zero-order valence-corrected chi connectivity index (χ0v) is 28.9. The van der Waals surface area contributed by atoms with Gasteiger partial charge in [0.2, 0.25) is 11.8 Å². The average Bonchev–Trinajstić information content (AvgIpc) is 3.04. The fourth-order valence-corrected chi connectivity index (χ4v) is 6.88. The van der Waals surface area contributed by atoms with Gasteiger partial charge in [-0.15, -0.1) is 0 Å². The Labute approximate surface area is 286 Å². The van der Waals surface area contributed by atoms with Gasteiger partial charge in [-0.1, -0.05) is 108 Å². The molecule has 4 aromatic carbocycles. The molecular formula is C35H36Cl3N3O4S. The maximum absolute atomic E-state index is 14.6. The summed E-state index contributed by atoms with van der Waals surface area (Å²) in [4.78, 5) is 29.9. The number of para-hydroxylation sites is 1. The first-order valence-corrected chi connectivity index (χ1v) is 17.4. The van der Waals surface area contributed by atoms with E-state index in [4.69, 9.17) is 34.8 Å². The highest BCUT2D eigenvalue weighted by Crippen LogP contribution is 2.31. The number of sulfonamides is 1. The van der Waals surface area contributed by atoms with E-state index in [0.29, 0.717) is 17.0 Å². The average molecular weight is 701 g/mol. The molecule has 242 valence electrons. The number of anilines is 1. The normalized spacial score (nSPS) is 12.7. The van der Waals surface area contributed by atoms with Crippen molar-refractivity contribution in [3.63, 3.8) is 0 Å². The molecule has 0 aliphatic rings. The molecule has 0 saturated heterocycles. The third-order valence-corrected chi connectivity index (χ3v) is 10.5. The first-order chi connectivity index (χ1) is 21.9. The molecule has 2 amide bonds. The summed E-state index contributed by atoms with van der Waals surface area (Å²) in [7, 11) is -4.27. The van der Waals surface area contributed by atoms with Crippen molar-refractivity contribution in [1.82, 2.24) is 10.2 Å². The number of amides is 2. The van der Waals surface area contributed by atoms with Gasteiger partial charge in [0.1, 0.15) is 12.6 Å². The van der Waals surface area contributed by atoms with Gasteiger partial charge in [0.15, 0.2) is 0 Å². The highest BCUT2D eigenvalue weighted by Gasteiger charge is 2.35. The second-order valence-corrected chi connectivity index (χ2v) is 14.2. The third kappa shape index (κ3) is 8.82. The molecule has 11 heteroatoms. The Balaban J connectivity index is 1.83. The summed E-state index contributed by atoms with van der Waals surface area (Å²) in [6, 6.07) is 25.9. The molecule has 2 atom stereocenters. The van der Waals surface area contributed by atoms with Gasteiger partial charge in [0.25, 0.3) is 10.0 Å². The van der Waals surface area contributed by atoms with E-state index in [-0.39, 0.29) is 45.5 Å². The van der Waals surface area contributed by atoms with Gasteiger partial charge in [-0.25, -0.2) is 8.42 Å². The summed E-state index contributed by atoms with van der Waals surface area (Å²) in [5.74, 6) is -0.973. The van der Waals surface area contributed by atoms with Crippen LogP contribution in [0.4, 0.5) is 5.69 Å². The SMILES string of the molecule is CCC(C)NC(=O)C(Cc1ccccc1)N(Cc1ccc(Cl)c(Cl)c1)C(=O)CN(c1ccccc1Cl)S(=O)(=O)c1ccc(C)cc1. The van der Waals surface area contributed by atoms with Crippen LogP contribution in [0, 0.1) is 6.92 Å². The van der Waals surface area contributed by atoms with Crippen LogP contribution in [0.1, 0.15) is 37.0 Å². The standard InChI is InChI=1S/C35H36Cl3N3O4S/c1-4-25(3)39-35(43)33(21-26-10-6-5-7-11-26)40(22-27-16-19-29(36)31(38)20-27)34(42)23-41(32-13-9-8-12-30(32)37)46(44,45)28-17-14-24(2)15-18-28/h5-20,25,33H,4,21-23H2,1-3H3,(H,39,43). The maximum Gasteiger partial charge on any atom is 0.264 e. The van der Waals surface area contributed by atoms with Crippen LogP contribution < -0.4 is 9.62 Å². The first-order valence-electron chi connectivity index (χ1n) is 14.8. The summed E-state index contributed by atoms with van der Waals surface area (Å²) in [6.07, 6.45) is 0.868. The number of nitrogens with zero attached hydrogens (tertiary/aromatic N) is 2. The Hall–Kier alpha value is -3.56. The Bertz CT molecular complexity index is 1770. The van der Waals surface area contributed by atoms with Gasteiger partial charge in [-0.3, -0.25) is 13.9 Å². The van der Waals surface area contributed by atoms with Crippen LogP contribution >= 0.6 is 34.8 Å². The lowest BCUT2D eigenvalue weighted by Crippen LogP contribution is -2.54. The Morgan fingerprint density at radius 3 is 2.09 bits per heavy atom. The molecule has 1 N–H and O–H groups in total. The van der Waals surface area contributed by atoms with Crippen molar-refractivity contribution in [2.75, 3.05) is 10.8 Å². The lowest BCUT2D eigenvalue weighted by Gasteiger charge is -2.34. The van der Waals surface area contributed by atoms with E-state index in [9.17, 15) is 18.0 Å². The molecule has 0 saturated carbocycles. The molecule has 7 nitrogen and oxygen atoms in total. The topological polar surface area (TPSA) is 86.8 Å². The Kier molecular flexibility index (Phi) is 12.1. The van der Waals surface area contributed by atoms with Crippen LogP contribution in [-0.4, -0.2) is 43.8 Å². The van der Waals surface area contributed by atoms with Crippen molar-refractivity contribution < 1.29 is 18.0 Å². The van der Waals surface area contributed by atoms with Crippen LogP contribution in [0.3, 0.4) is 0 Å². The smallest absolute Gasteiger partial charge is 0.264 e. The fourth-order valence-electron chi connectivity index (χ4n) is 4.83. The number of carbonyl (C=O) groups excluding carboxylic acids is 2. The van der Waals surface area contributed by atoms with E-state index in [1.165, 1.54) is 17.0 Å². The van der Waals surface area contributed by atoms with E-state index >= 15 is 0 Å². The van der Waals surface area contributed by atoms with Gasteiger partial charge < -0.3 is 10.2 Å². The summed E-state index contributed by atoms with van der Waals surface area (Å²) in [5, 5.41) is 3.79. The van der Waals surface area contributed by atoms with Crippen LogP contribution in [-0.2, 0) is 32.6 Å². The summed E-state index contributed by atoms with van der Waals surface area (Å²) < 4.78 is 29.3. The number of benzene rings is 4. The van der Waals surface area contributed by atoms with Crippen LogP contribution in [0.5, 0.6) is 0 Å². The summed E-state index contributed by atoms with van der Waals surface area (Å²) >= 11 is 19.1. The fraction of sp³-hybridized carbons (Fsp3) is 0.257. The van der Waals surface area contributed by atoms with E-state index in [2.05, 4.69) is 5.32 Å². The molecule has 4 aromatic rings. The highest BCUT2D eigenvalue weighted by atomic mass is 35.5. The van der Waals surface area contributed by atoms with E-state index in [1.807, 2.05) is 51.1 Å². The third-order valence-electron chi connectivity index (χ3n) is 7.62. The number of carbonyl (C=O) groups is 2. The predicted octanol–water partition coefficient (Wildman–Crippen LogP) is 7.71. The zero-order valence-electron chi connectivity index (χ0n) is 25.8. The predicted molar refractivity (Wildman–Crippen MR) is 186 cm³/mol. The monoisotopic (exact) mass is 699 g/mol. The highest BCUT2D eigenvalue weighted by molar-refractivity contribution is 7.92. The van der Waals surface area contributed by atoms with Crippen molar-refractivity contribution in [1.29, 1.82) is 0 Å². The van der Waals surface area contributed by atoms with Crippen molar-refractivity contribution in [2.24, 2.45) is 0 Å². The molecule has 0 radical (unpaired) electrons. The largest absolute Gasteiger partial charge is 0.352 e. The Morgan fingerprint density at radius 2 is 1.46 bits per heavy atom. The number of hydrogen-bond acceptors (Lipinski definition) is 4. The van der Waals surface area contributed by atoms with Crippen LogP contribution in [0.25, 0.3) is 0 Å². The number of rotatable bonds is 13. The number of aryl methyl sites for hydroxylation is 1. The Morgan fingerprint density at radius 1 is 0.804 bits per heavy atom. The minimum atomic E-state index is -4.27. The van der Waals surface area contributed by atoms with Crippen molar-refractivity contribution >= 4 is 62.3 Å². The van der Waals surface area contributed by atoms with Gasteiger partial charge >= 0.3 is 0 Å². The summed E-state index contributed by atoms with van der Waals surface area (Å²) in [6.45, 7) is 5.03. The van der Waals surface area contributed by atoms with E-state index < -0.39 is 28.5 Å². The van der Waals surface area contributed by atoms with Gasteiger partial charge in [0, 0.05) is 19.0 Å². The number of hydrogen-bond donors (Lipinski definition) is 1. The zero-order chi connectivity index (χ0) is 33.4. The molecule has 2 unspecified atom stereocenters. The molecule has 0 heterocycles. The minimum absolute atomic E-state index is 0.00259. The van der Waals surface area contributed by atoms with Crippen molar-refractivity contribution in [3.05, 3.63) is 129 Å². The van der Waals surface area contributed by atoms with Crippen molar-refractivity contribution in [3.8, 4) is 0 Å². The van der Waals surface area contributed by atoms with E-state index in [1.54, 1.807) is 54.6 Å².